The monoisotopic (exact) mass is 668 g/mol. The molecule has 1 aliphatic rings. The van der Waals surface area contributed by atoms with Gasteiger partial charge in [-0.25, -0.2) is 0 Å². The predicted octanol–water partition coefficient (Wildman–Crippen LogP) is 15.1. The Balaban J connectivity index is 0.00000190. The minimum atomic E-state index is 1.10. The first-order valence-corrected chi connectivity index (χ1v) is 18.8. The molecule has 1 aliphatic carbocycles. The highest BCUT2D eigenvalue weighted by Gasteiger charge is 2.17. The summed E-state index contributed by atoms with van der Waals surface area (Å²) in [7, 11) is 0. The molecule has 0 unspecified atom stereocenters. The van der Waals surface area contributed by atoms with Crippen LogP contribution in [0.2, 0.25) is 0 Å². The fraction of sp³-hybridized carbons (Fsp3) is 0.115. The Hall–Kier alpha value is -5.98. The molecule has 0 fully saturated rings. The molecule has 52 heavy (non-hydrogen) atoms. The van der Waals surface area contributed by atoms with E-state index in [0.29, 0.717) is 0 Å². The van der Waals surface area contributed by atoms with E-state index in [2.05, 4.69) is 184 Å². The van der Waals surface area contributed by atoms with E-state index < -0.39 is 0 Å². The normalized spacial score (nSPS) is 12.3. The van der Waals surface area contributed by atoms with E-state index in [-0.39, 0.29) is 0 Å². The van der Waals surface area contributed by atoms with Gasteiger partial charge in [-0.2, -0.15) is 0 Å². The summed E-state index contributed by atoms with van der Waals surface area (Å²) in [6.45, 7) is 8.38. The van der Waals surface area contributed by atoms with Gasteiger partial charge in [0, 0.05) is 0 Å². The molecule has 0 N–H and O–H groups in total. The minimum absolute atomic E-state index is 1.10. The third-order valence-corrected chi connectivity index (χ3v) is 10.6. The van der Waals surface area contributed by atoms with E-state index in [1.165, 1.54) is 99.1 Å². The van der Waals surface area contributed by atoms with E-state index in [1.54, 1.807) is 0 Å². The van der Waals surface area contributed by atoms with Crippen molar-refractivity contribution in [1.29, 1.82) is 0 Å². The molecule has 0 heterocycles. The van der Waals surface area contributed by atoms with Gasteiger partial charge >= 0.3 is 0 Å². The topological polar surface area (TPSA) is 0 Å². The summed E-state index contributed by atoms with van der Waals surface area (Å²) in [5.74, 6) is 0. The summed E-state index contributed by atoms with van der Waals surface area (Å²) in [6, 6.07) is 54.1. The maximum absolute atomic E-state index is 2.38. The van der Waals surface area contributed by atoms with Gasteiger partial charge in [-0.1, -0.05) is 147 Å². The van der Waals surface area contributed by atoms with Crippen LogP contribution in [0.15, 0.2) is 158 Å². The molecule has 0 atom stereocenters. The number of allylic oxidation sites excluding steroid dienone is 2. The summed E-state index contributed by atoms with van der Waals surface area (Å²) in [6.07, 6.45) is 11.3. The Morgan fingerprint density at radius 2 is 1.08 bits per heavy atom. The molecule has 0 aromatic heterocycles. The Kier molecular flexibility index (Phi) is 9.14. The van der Waals surface area contributed by atoms with Gasteiger partial charge in [0.1, 0.15) is 0 Å². The fourth-order valence-corrected chi connectivity index (χ4v) is 8.04. The van der Waals surface area contributed by atoms with Crippen LogP contribution in [0.3, 0.4) is 0 Å². The van der Waals surface area contributed by atoms with Gasteiger partial charge in [-0.05, 0) is 162 Å². The maximum Gasteiger partial charge on any atom is -0.00988 e. The van der Waals surface area contributed by atoms with Crippen LogP contribution < -0.4 is 0 Å². The second-order valence-electron chi connectivity index (χ2n) is 13.6. The maximum atomic E-state index is 2.38. The summed E-state index contributed by atoms with van der Waals surface area (Å²) >= 11 is 0. The summed E-state index contributed by atoms with van der Waals surface area (Å²) in [5, 5.41) is 7.65. The first-order chi connectivity index (χ1) is 25.6. The average Bonchev–Trinajstić information content (AvgIpc) is 3.22. The molecule has 0 aliphatic heterocycles. The zero-order valence-corrected chi connectivity index (χ0v) is 30.6. The molecule has 0 nitrogen and oxygen atoms in total. The molecule has 0 saturated carbocycles. The minimum Gasteiger partial charge on any atom is -0.0871 e. The van der Waals surface area contributed by atoms with Gasteiger partial charge < -0.3 is 0 Å². The highest BCUT2D eigenvalue weighted by atomic mass is 14.2. The highest BCUT2D eigenvalue weighted by molar-refractivity contribution is 6.14. The zero-order valence-electron chi connectivity index (χ0n) is 30.6. The second-order valence-corrected chi connectivity index (χ2v) is 13.6. The average molecular weight is 669 g/mol. The van der Waals surface area contributed by atoms with Crippen molar-refractivity contribution in [1.82, 2.24) is 0 Å². The molecule has 9 rings (SSSR count). The molecule has 0 bridgehead atoms. The van der Waals surface area contributed by atoms with Crippen molar-refractivity contribution in [3.05, 3.63) is 180 Å². The third kappa shape index (κ3) is 6.05. The molecule has 0 spiro atoms. The van der Waals surface area contributed by atoms with Gasteiger partial charge in [-0.15, -0.1) is 0 Å². The van der Waals surface area contributed by atoms with Crippen molar-refractivity contribution in [3.63, 3.8) is 0 Å². The number of benzene rings is 8. The van der Waals surface area contributed by atoms with Gasteiger partial charge in [-0.3, -0.25) is 0 Å². The number of hydrogen-bond donors (Lipinski definition) is 0. The molecule has 252 valence electrons. The first-order valence-electron chi connectivity index (χ1n) is 18.8. The molecule has 0 heteroatoms. The Morgan fingerprint density at radius 3 is 1.77 bits per heavy atom. The molecule has 8 aromatic carbocycles. The van der Waals surface area contributed by atoms with Crippen LogP contribution in [-0.2, 0) is 6.42 Å². The number of hydrogen-bond acceptors (Lipinski definition) is 0. The van der Waals surface area contributed by atoms with E-state index in [9.17, 15) is 0 Å². The van der Waals surface area contributed by atoms with Crippen LogP contribution in [0.1, 0.15) is 49.4 Å². The molecular formula is C52H44. The SMILES string of the molecule is C/C=C\c1cc(-c2cccc(-c3ccc4ccc(-c5cccc(-c6cc7ccccc7c7ccccc67)c5)cc4c3)c2)c2c(c1C)CCC=C2.CC. The van der Waals surface area contributed by atoms with Crippen molar-refractivity contribution in [2.24, 2.45) is 0 Å². The Labute approximate surface area is 308 Å². The lowest BCUT2D eigenvalue weighted by Crippen LogP contribution is -2.02. The largest absolute Gasteiger partial charge is 0.0871 e. The van der Waals surface area contributed by atoms with Crippen LogP contribution in [0.4, 0.5) is 0 Å². The zero-order chi connectivity index (χ0) is 35.6. The van der Waals surface area contributed by atoms with Gasteiger partial charge in [0.15, 0.2) is 0 Å². The smallest absolute Gasteiger partial charge is 0.00988 e. The van der Waals surface area contributed by atoms with E-state index in [0.717, 1.165) is 12.8 Å². The van der Waals surface area contributed by atoms with Crippen molar-refractivity contribution in [3.8, 4) is 44.5 Å². The lowest BCUT2D eigenvalue weighted by Gasteiger charge is -2.21. The van der Waals surface area contributed by atoms with E-state index in [1.807, 2.05) is 13.8 Å². The summed E-state index contributed by atoms with van der Waals surface area (Å²) < 4.78 is 0. The van der Waals surface area contributed by atoms with Crippen LogP contribution in [0.25, 0.3) is 89.0 Å². The summed E-state index contributed by atoms with van der Waals surface area (Å²) in [4.78, 5) is 0. The Bertz CT molecular complexity index is 2660. The molecule has 0 radical (unpaired) electrons. The van der Waals surface area contributed by atoms with Crippen LogP contribution in [-0.4, -0.2) is 0 Å². The Morgan fingerprint density at radius 1 is 0.481 bits per heavy atom. The highest BCUT2D eigenvalue weighted by Crippen LogP contribution is 2.39. The molecule has 0 amide bonds. The lowest BCUT2D eigenvalue weighted by atomic mass is 9.84. The quantitative estimate of drug-likeness (QED) is 0.160. The van der Waals surface area contributed by atoms with Crippen LogP contribution >= 0.6 is 0 Å². The van der Waals surface area contributed by atoms with E-state index in [4.69, 9.17) is 0 Å². The van der Waals surface area contributed by atoms with Crippen molar-refractivity contribution in [2.45, 2.75) is 40.5 Å². The van der Waals surface area contributed by atoms with E-state index >= 15 is 0 Å². The second kappa shape index (κ2) is 14.3. The number of rotatable bonds is 5. The number of fused-ring (bicyclic) bond motifs is 5. The third-order valence-electron chi connectivity index (χ3n) is 10.6. The standard InChI is InChI=1S/C50H38.C2H6/c1-3-12-35-31-49(46-20-7-6-18-44(46)33(35)2)40-16-10-14-36(27-40)38-25-23-34-24-26-39(30-43(34)29-38)37-15-11-17-41(28-37)50-32-42-13-4-5-19-45(42)47-21-8-9-22-48(47)50;1-2/h3-5,7-17,19-32H,6,18H2,1-2H3;1-2H3/b12-3-;. The fourth-order valence-electron chi connectivity index (χ4n) is 8.04. The van der Waals surface area contributed by atoms with Crippen molar-refractivity contribution in [2.75, 3.05) is 0 Å². The van der Waals surface area contributed by atoms with Gasteiger partial charge in [0.25, 0.3) is 0 Å². The van der Waals surface area contributed by atoms with Crippen LogP contribution in [0.5, 0.6) is 0 Å². The lowest BCUT2D eigenvalue weighted by molar-refractivity contribution is 0.970. The first kappa shape index (κ1) is 33.2. The summed E-state index contributed by atoms with van der Waals surface area (Å²) in [5.41, 5.74) is 15.6. The van der Waals surface area contributed by atoms with Crippen LogP contribution in [0, 0.1) is 6.92 Å². The molecular weight excluding hydrogens is 625 g/mol. The van der Waals surface area contributed by atoms with Crippen molar-refractivity contribution < 1.29 is 0 Å². The molecule has 0 saturated heterocycles. The van der Waals surface area contributed by atoms with Crippen molar-refractivity contribution >= 4 is 44.5 Å². The predicted molar refractivity (Wildman–Crippen MR) is 229 cm³/mol. The molecule has 8 aromatic rings. The van der Waals surface area contributed by atoms with Gasteiger partial charge in [0.05, 0.1) is 0 Å². The van der Waals surface area contributed by atoms with Gasteiger partial charge in [0.2, 0.25) is 0 Å².